The summed E-state index contributed by atoms with van der Waals surface area (Å²) >= 11 is 5.47. The Balaban J connectivity index is 2.83. The van der Waals surface area contributed by atoms with Crippen LogP contribution in [0.25, 0.3) is 0 Å². The van der Waals surface area contributed by atoms with Crippen LogP contribution in [0.1, 0.15) is 5.56 Å². The first-order valence-electron chi connectivity index (χ1n) is 4.55. The van der Waals surface area contributed by atoms with Crippen molar-refractivity contribution in [2.45, 2.75) is 12.6 Å². The predicted octanol–water partition coefficient (Wildman–Crippen LogP) is 3.16. The van der Waals surface area contributed by atoms with E-state index in [1.54, 1.807) is 0 Å². The number of rotatable bonds is 3. The highest BCUT2D eigenvalue weighted by atomic mass is 35.5. The van der Waals surface area contributed by atoms with Crippen LogP contribution in [0, 0.1) is 11.7 Å². The van der Waals surface area contributed by atoms with Crippen molar-refractivity contribution < 1.29 is 17.6 Å². The Bertz CT molecular complexity index is 364. The second-order valence-corrected chi connectivity index (χ2v) is 3.83. The van der Waals surface area contributed by atoms with Crippen LogP contribution < -0.4 is 5.73 Å². The molecule has 0 fully saturated rings. The molecule has 1 rings (SSSR count). The summed E-state index contributed by atoms with van der Waals surface area (Å²) in [5.41, 5.74) is 5.37. The quantitative estimate of drug-likeness (QED) is 0.825. The summed E-state index contributed by atoms with van der Waals surface area (Å²) in [5.74, 6) is -2.28. The molecule has 0 saturated heterocycles. The lowest BCUT2D eigenvalue weighted by atomic mass is 9.99. The van der Waals surface area contributed by atoms with Gasteiger partial charge in [0.15, 0.2) is 0 Å². The lowest BCUT2D eigenvalue weighted by molar-refractivity contribution is -0.171. The second kappa shape index (κ2) is 5.01. The van der Waals surface area contributed by atoms with E-state index >= 15 is 0 Å². The van der Waals surface area contributed by atoms with Crippen molar-refractivity contribution in [3.8, 4) is 0 Å². The molecule has 0 aromatic heterocycles. The first-order valence-corrected chi connectivity index (χ1v) is 4.93. The molecule has 1 atom stereocenters. The Labute approximate surface area is 95.2 Å². The minimum atomic E-state index is -4.35. The summed E-state index contributed by atoms with van der Waals surface area (Å²) in [7, 11) is 0. The molecule has 0 aliphatic heterocycles. The van der Waals surface area contributed by atoms with Gasteiger partial charge in [-0.15, -0.1) is 0 Å². The van der Waals surface area contributed by atoms with Crippen LogP contribution in [0.2, 0.25) is 5.02 Å². The maximum Gasteiger partial charge on any atom is 0.393 e. The fourth-order valence-electron chi connectivity index (χ4n) is 1.28. The fraction of sp³-hybridized carbons (Fsp3) is 0.400. The SMILES string of the molecule is NCC(Cc1ccc(F)c(Cl)c1)C(F)(F)F. The maximum absolute atomic E-state index is 12.8. The molecule has 1 unspecified atom stereocenters. The average molecular weight is 256 g/mol. The monoisotopic (exact) mass is 255 g/mol. The molecule has 6 heteroatoms. The molecule has 0 saturated carbocycles. The van der Waals surface area contributed by atoms with E-state index < -0.39 is 24.5 Å². The molecule has 1 aromatic carbocycles. The smallest absolute Gasteiger partial charge is 0.330 e. The van der Waals surface area contributed by atoms with Crippen molar-refractivity contribution in [2.75, 3.05) is 6.54 Å². The van der Waals surface area contributed by atoms with E-state index in [9.17, 15) is 17.6 Å². The van der Waals surface area contributed by atoms with Crippen molar-refractivity contribution in [3.05, 3.63) is 34.6 Å². The van der Waals surface area contributed by atoms with Crippen LogP contribution in [0.5, 0.6) is 0 Å². The molecule has 16 heavy (non-hydrogen) atoms. The van der Waals surface area contributed by atoms with Gasteiger partial charge in [0.25, 0.3) is 0 Å². The summed E-state index contributed by atoms with van der Waals surface area (Å²) in [4.78, 5) is 0. The molecule has 0 spiro atoms. The highest BCUT2D eigenvalue weighted by Crippen LogP contribution is 2.29. The fourth-order valence-corrected chi connectivity index (χ4v) is 1.49. The van der Waals surface area contributed by atoms with E-state index in [0.717, 1.165) is 6.07 Å². The van der Waals surface area contributed by atoms with Gasteiger partial charge >= 0.3 is 6.18 Å². The van der Waals surface area contributed by atoms with Gasteiger partial charge in [-0.05, 0) is 24.1 Å². The lowest BCUT2D eigenvalue weighted by Gasteiger charge is -2.18. The molecule has 0 heterocycles. The topological polar surface area (TPSA) is 26.0 Å². The Morgan fingerprint density at radius 1 is 1.31 bits per heavy atom. The molecule has 1 aromatic rings. The molecular weight excluding hydrogens is 246 g/mol. The van der Waals surface area contributed by atoms with Gasteiger partial charge < -0.3 is 5.73 Å². The van der Waals surface area contributed by atoms with Crippen LogP contribution >= 0.6 is 11.6 Å². The summed E-state index contributed by atoms with van der Waals surface area (Å²) < 4.78 is 50.0. The largest absolute Gasteiger partial charge is 0.393 e. The Kier molecular flexibility index (Phi) is 4.15. The molecule has 0 aliphatic rings. The summed E-state index contributed by atoms with van der Waals surface area (Å²) in [5, 5.41) is -0.185. The van der Waals surface area contributed by atoms with E-state index in [1.165, 1.54) is 12.1 Å². The number of hydrogen-bond acceptors (Lipinski definition) is 1. The van der Waals surface area contributed by atoms with Gasteiger partial charge in [0.1, 0.15) is 5.82 Å². The zero-order chi connectivity index (χ0) is 12.3. The van der Waals surface area contributed by atoms with Crippen LogP contribution in [-0.4, -0.2) is 12.7 Å². The van der Waals surface area contributed by atoms with Gasteiger partial charge in [0.05, 0.1) is 10.9 Å². The molecule has 1 nitrogen and oxygen atoms in total. The van der Waals surface area contributed by atoms with E-state index in [-0.39, 0.29) is 11.4 Å². The maximum atomic E-state index is 12.8. The molecular formula is C10H10ClF4N. The summed E-state index contributed by atoms with van der Waals surface area (Å²) in [6.07, 6.45) is -4.64. The number of hydrogen-bond donors (Lipinski definition) is 1. The molecule has 0 aliphatic carbocycles. The van der Waals surface area contributed by atoms with Crippen molar-refractivity contribution in [1.82, 2.24) is 0 Å². The first-order chi connectivity index (χ1) is 7.34. The van der Waals surface area contributed by atoms with E-state index in [2.05, 4.69) is 0 Å². The van der Waals surface area contributed by atoms with Crippen LogP contribution in [0.15, 0.2) is 18.2 Å². The van der Waals surface area contributed by atoms with Crippen molar-refractivity contribution in [1.29, 1.82) is 0 Å². The van der Waals surface area contributed by atoms with Crippen LogP contribution in [-0.2, 0) is 6.42 Å². The highest BCUT2D eigenvalue weighted by Gasteiger charge is 2.38. The third kappa shape index (κ3) is 3.35. The van der Waals surface area contributed by atoms with E-state index in [0.29, 0.717) is 5.56 Å². The molecule has 2 N–H and O–H groups in total. The highest BCUT2D eigenvalue weighted by molar-refractivity contribution is 6.30. The second-order valence-electron chi connectivity index (χ2n) is 3.43. The third-order valence-corrected chi connectivity index (χ3v) is 2.50. The average Bonchev–Trinajstić information content (AvgIpc) is 2.18. The van der Waals surface area contributed by atoms with E-state index in [4.69, 9.17) is 17.3 Å². The van der Waals surface area contributed by atoms with Gasteiger partial charge in [-0.2, -0.15) is 13.2 Å². The number of halogens is 5. The van der Waals surface area contributed by atoms with Gasteiger partial charge in [0.2, 0.25) is 0 Å². The first kappa shape index (κ1) is 13.3. The predicted molar refractivity (Wildman–Crippen MR) is 53.7 cm³/mol. The normalized spacial score (nSPS) is 13.9. The Morgan fingerprint density at radius 2 is 1.94 bits per heavy atom. The summed E-state index contributed by atoms with van der Waals surface area (Å²) in [6, 6.07) is 3.50. The lowest BCUT2D eigenvalue weighted by Crippen LogP contribution is -2.31. The standard InChI is InChI=1S/C10H10ClF4N/c11-8-4-6(1-2-9(8)12)3-7(5-16)10(13,14)15/h1-2,4,7H,3,5,16H2. The summed E-state index contributed by atoms with van der Waals surface area (Å²) in [6.45, 7) is -0.501. The molecule has 0 bridgehead atoms. The van der Waals surface area contributed by atoms with Gasteiger partial charge in [-0.25, -0.2) is 4.39 Å². The third-order valence-electron chi connectivity index (χ3n) is 2.21. The van der Waals surface area contributed by atoms with E-state index in [1.807, 2.05) is 0 Å². The van der Waals surface area contributed by atoms with Crippen LogP contribution in [0.3, 0.4) is 0 Å². The van der Waals surface area contributed by atoms with Crippen molar-refractivity contribution in [2.24, 2.45) is 11.7 Å². The molecule has 90 valence electrons. The minimum Gasteiger partial charge on any atom is -0.330 e. The van der Waals surface area contributed by atoms with Gasteiger partial charge in [-0.3, -0.25) is 0 Å². The van der Waals surface area contributed by atoms with Crippen molar-refractivity contribution in [3.63, 3.8) is 0 Å². The number of benzene rings is 1. The van der Waals surface area contributed by atoms with Gasteiger partial charge in [-0.1, -0.05) is 17.7 Å². The number of nitrogens with two attached hydrogens (primary N) is 1. The van der Waals surface area contributed by atoms with Gasteiger partial charge in [0, 0.05) is 6.54 Å². The Hall–Kier alpha value is -0.810. The minimum absolute atomic E-state index is 0.185. The Morgan fingerprint density at radius 3 is 2.38 bits per heavy atom. The zero-order valence-electron chi connectivity index (χ0n) is 8.19. The van der Waals surface area contributed by atoms with Crippen LogP contribution in [0.4, 0.5) is 17.6 Å². The molecule has 0 radical (unpaired) electrons. The number of alkyl halides is 3. The molecule has 0 amide bonds. The zero-order valence-corrected chi connectivity index (χ0v) is 8.95. The van der Waals surface area contributed by atoms with Crippen molar-refractivity contribution >= 4 is 11.6 Å².